The number of fused-ring (bicyclic) bond motifs is 2. The standard InChI is InChI=1S/C33H40O5.C26H26O3.2CO2.CH4.S19/c1-4-21-12-29-28(30(34)13-21)14-25(15-32(29)36-3)27-16-26(5-6-31(27)38-20-37-8-7-35-2)33-17-22-9-23(18-33)11-24(10-22)19-33;27-23-3-1-2-20-22(23)9-18(10-25(20)29)21-11-19(4-5-24(21)28)26-12-15-6-16(13-26)8-17(7-15)14-26;2*2-1-3;;1-3-5-7-9-11-13-15-17-19-18-16-14-12-10-8-6-4-2/h5-6,12-16,22-24,34H,4,7-11,17-20H2,1-3H3;1-5,9-11,15-17,27-29H,6-8,12-14H2;;;1H4;. The maximum absolute atomic E-state index is 11.0. The molecule has 6 aromatic rings. The summed E-state index contributed by atoms with van der Waals surface area (Å²) in [5.74, 6) is 7.49. The smallest absolute Gasteiger partial charge is 0.373 e. The average Bonchev–Trinajstić information content (AvgIpc) is 0.745. The molecule has 0 saturated heterocycles. The summed E-state index contributed by atoms with van der Waals surface area (Å²) in [4.78, 5) is 32.5. The van der Waals surface area contributed by atoms with E-state index in [1.165, 1.54) is 106 Å². The zero-order valence-electron chi connectivity index (χ0n) is 49.7. The van der Waals surface area contributed by atoms with Gasteiger partial charge < -0.3 is 39.4 Å². The Hall–Kier alpha value is -2.50. The van der Waals surface area contributed by atoms with Crippen LogP contribution in [0.5, 0.6) is 34.5 Å². The molecule has 0 spiro atoms. The molecule has 31 heteroatoms. The normalized spacial score (nSPS) is 21.6. The molecule has 0 aromatic heterocycles. The van der Waals surface area contributed by atoms with Gasteiger partial charge in [0.25, 0.3) is 0 Å². The van der Waals surface area contributed by atoms with Gasteiger partial charge in [-0.15, -0.1) is 0 Å². The molecule has 12 nitrogen and oxygen atoms in total. The van der Waals surface area contributed by atoms with Gasteiger partial charge in [0.15, 0.2) is 6.79 Å². The van der Waals surface area contributed by atoms with Crippen molar-refractivity contribution in [2.75, 3.05) is 34.2 Å². The average molecular weight is 1620 g/mol. The van der Waals surface area contributed by atoms with Crippen LogP contribution in [0.3, 0.4) is 0 Å². The highest BCUT2D eigenvalue weighted by Crippen LogP contribution is 2.63. The molecule has 504 valence electrons. The summed E-state index contributed by atoms with van der Waals surface area (Å²) in [6.07, 6.45) is 17.6. The Bertz CT molecular complexity index is 4420. The molecule has 0 amide bonds. The number of phenols is 4. The van der Waals surface area contributed by atoms with Gasteiger partial charge in [0.1, 0.15) is 34.5 Å². The first-order valence-corrected chi connectivity index (χ1v) is 52.8. The van der Waals surface area contributed by atoms with E-state index in [0.717, 1.165) is 92.0 Å². The molecule has 8 aliphatic carbocycles. The number of methoxy groups -OCH3 is 2. The van der Waals surface area contributed by atoms with Gasteiger partial charge in [-0.2, -0.15) is 19.2 Å². The van der Waals surface area contributed by atoms with Crippen LogP contribution >= 0.6 is 0 Å². The molecular formula is C62H70O12S19. The predicted octanol–water partition coefficient (Wildman–Crippen LogP) is 12.8. The van der Waals surface area contributed by atoms with E-state index in [2.05, 4.69) is 55.5 Å². The Labute approximate surface area is 601 Å². The third-order valence-corrected chi connectivity index (χ3v) is 53.3. The van der Waals surface area contributed by atoms with Crippen LogP contribution in [0.4, 0.5) is 0 Å². The quantitative estimate of drug-likeness (QED) is 0.0670. The summed E-state index contributed by atoms with van der Waals surface area (Å²) in [6.45, 7) is 3.26. The molecule has 93 heavy (non-hydrogen) atoms. The fraction of sp³-hybridized carbons (Fsp3) is 0.452. The van der Waals surface area contributed by atoms with Gasteiger partial charge in [0.2, 0.25) is 0 Å². The van der Waals surface area contributed by atoms with Crippen molar-refractivity contribution in [1.82, 2.24) is 0 Å². The Morgan fingerprint density at radius 2 is 0.892 bits per heavy atom. The summed E-state index contributed by atoms with van der Waals surface area (Å²) in [7, 11) is 32.4. The van der Waals surface area contributed by atoms with Crippen molar-refractivity contribution >= 4 is 207 Å². The number of rotatable bonds is 12. The third kappa shape index (κ3) is 21.5. The van der Waals surface area contributed by atoms with Crippen LogP contribution < -0.4 is 9.47 Å². The molecular weight excluding hydrogens is 1550 g/mol. The summed E-state index contributed by atoms with van der Waals surface area (Å²) < 4.78 is 22.8. The Balaban J connectivity index is 0.000000198. The first-order chi connectivity index (χ1) is 44.8. The zero-order valence-corrected chi connectivity index (χ0v) is 65.3. The molecule has 0 heterocycles. The topological polar surface area (TPSA) is 186 Å². The van der Waals surface area contributed by atoms with Crippen LogP contribution in [-0.2, 0) is 219 Å². The fourth-order valence-electron chi connectivity index (χ4n) is 15.2. The van der Waals surface area contributed by atoms with Gasteiger partial charge in [-0.25, -0.2) is 0 Å². The highest BCUT2D eigenvalue weighted by Gasteiger charge is 2.53. The van der Waals surface area contributed by atoms with Crippen molar-refractivity contribution in [1.29, 1.82) is 0 Å². The van der Waals surface area contributed by atoms with Gasteiger partial charge >= 0.3 is 12.3 Å². The number of aromatic hydroxyl groups is 4. The number of benzene rings is 6. The highest BCUT2D eigenvalue weighted by atomic mass is 33.5. The fourth-order valence-corrected chi connectivity index (χ4v) is 56.4. The SMILES string of the molecule is C.CCc1cc(O)c2cc(-c3cc(C45CC6CC(CC(C6)C4)C5)ccc3OCOCCOC)cc(OC)c2c1.O=C=O.O=C=O.Oc1ccc(C23CC4CC(CC(C4)C2)C3)cc1-c1cc(O)c2cccc(O)c2c1.S=S=S=S=S=S=S=S=S=S=S=S=S=S=S=S=S=S=S. The lowest BCUT2D eigenvalue weighted by molar-refractivity contribution is -0.193. The number of hydrogen-bond donors (Lipinski definition) is 4. The lowest BCUT2D eigenvalue weighted by Gasteiger charge is -2.57. The van der Waals surface area contributed by atoms with E-state index < -0.39 is 0 Å². The van der Waals surface area contributed by atoms with Crippen molar-refractivity contribution in [2.24, 2.45) is 35.5 Å². The molecule has 0 unspecified atom stereocenters. The minimum Gasteiger partial charge on any atom is -0.507 e. The molecule has 0 atom stereocenters. The number of phenolic OH excluding ortho intramolecular Hbond substituents is 4. The predicted molar refractivity (Wildman–Crippen MR) is 421 cm³/mol. The molecule has 8 saturated carbocycles. The monoisotopic (exact) mass is 1610 g/mol. The number of ether oxygens (including phenoxy) is 4. The summed E-state index contributed by atoms with van der Waals surface area (Å²) >= 11 is 9.50. The van der Waals surface area contributed by atoms with Crippen molar-refractivity contribution in [3.63, 3.8) is 0 Å². The maximum Gasteiger partial charge on any atom is 0.373 e. The number of aryl methyl sites for hydroxylation is 1. The Morgan fingerprint density at radius 3 is 1.34 bits per heavy atom. The maximum atomic E-state index is 11.0. The molecule has 8 aliphatic rings. The van der Waals surface area contributed by atoms with E-state index in [-0.39, 0.29) is 60.4 Å². The van der Waals surface area contributed by atoms with Gasteiger partial charge in [-0.05, 0) is 224 Å². The van der Waals surface area contributed by atoms with E-state index in [0.29, 0.717) is 24.0 Å². The van der Waals surface area contributed by atoms with Crippen molar-refractivity contribution in [3.05, 3.63) is 108 Å². The van der Waals surface area contributed by atoms with Crippen LogP contribution in [0.25, 0.3) is 43.8 Å². The van der Waals surface area contributed by atoms with Gasteiger partial charge in [-0.3, -0.25) is 0 Å². The van der Waals surface area contributed by atoms with Crippen molar-refractivity contribution in [3.8, 4) is 56.8 Å². The van der Waals surface area contributed by atoms with Crippen LogP contribution in [0.15, 0.2) is 91.0 Å². The molecule has 0 radical (unpaired) electrons. The van der Waals surface area contributed by atoms with E-state index >= 15 is 0 Å². The van der Waals surface area contributed by atoms with E-state index in [1.807, 2.05) is 18.2 Å². The largest absolute Gasteiger partial charge is 0.507 e. The summed E-state index contributed by atoms with van der Waals surface area (Å²) in [5, 5.41) is 45.4. The van der Waals surface area contributed by atoms with Crippen LogP contribution in [0, 0.1) is 35.5 Å². The first-order valence-electron chi connectivity index (χ1n) is 28.8. The molecule has 8 bridgehead atoms. The minimum absolute atomic E-state index is 0. The van der Waals surface area contributed by atoms with Gasteiger partial charge in [0, 0.05) is 213 Å². The van der Waals surface area contributed by atoms with E-state index in [1.54, 1.807) is 172 Å². The van der Waals surface area contributed by atoms with E-state index in [4.69, 9.17) is 60.5 Å². The molecule has 4 N–H and O–H groups in total. The minimum atomic E-state index is 0. The van der Waals surface area contributed by atoms with Crippen LogP contribution in [0.2, 0.25) is 0 Å². The summed E-state index contributed by atoms with van der Waals surface area (Å²) in [5.41, 5.74) is 7.85. The van der Waals surface area contributed by atoms with Crippen molar-refractivity contribution < 1.29 is 58.6 Å². The van der Waals surface area contributed by atoms with Gasteiger partial charge in [-0.1, -0.05) is 38.6 Å². The van der Waals surface area contributed by atoms with Crippen LogP contribution in [0.1, 0.15) is 108 Å². The number of carbonyl (C=O) groups excluding carboxylic acids is 4. The number of hydrogen-bond acceptors (Lipinski definition) is 14. The molecule has 14 rings (SSSR count). The highest BCUT2D eigenvalue weighted by molar-refractivity contribution is 8.78. The molecule has 6 aromatic carbocycles. The molecule has 0 aliphatic heterocycles. The Kier molecular flexibility index (Phi) is 33.4. The lowest BCUT2D eigenvalue weighted by Crippen LogP contribution is -2.48. The van der Waals surface area contributed by atoms with Crippen molar-refractivity contribution in [2.45, 2.75) is 109 Å². The van der Waals surface area contributed by atoms with E-state index in [9.17, 15) is 20.4 Å². The third-order valence-electron chi connectivity index (χ3n) is 17.7. The first kappa shape index (κ1) is 77.8. The zero-order chi connectivity index (χ0) is 65.5. The molecule has 8 fully saturated rings. The van der Waals surface area contributed by atoms with Gasteiger partial charge in [0.05, 0.1) is 20.3 Å². The second kappa shape index (κ2) is 39.9. The Morgan fingerprint density at radius 1 is 0.462 bits per heavy atom. The summed E-state index contributed by atoms with van der Waals surface area (Å²) in [6, 6.07) is 29.7. The lowest BCUT2D eigenvalue weighted by atomic mass is 9.48. The second-order valence-electron chi connectivity index (χ2n) is 22.9. The van der Waals surface area contributed by atoms with Crippen LogP contribution in [-0.4, -0.2) is 67.0 Å². The second-order valence-corrected chi connectivity index (χ2v) is 53.0.